The Morgan fingerprint density at radius 3 is 2.56 bits per heavy atom. The van der Waals surface area contributed by atoms with Crippen LogP contribution in [0.2, 0.25) is 0 Å². The van der Waals surface area contributed by atoms with Crippen LogP contribution in [-0.4, -0.2) is 39.9 Å². The Balaban J connectivity index is 1.85. The molecule has 0 saturated carbocycles. The van der Waals surface area contributed by atoms with Crippen LogP contribution in [0, 0.1) is 0 Å². The third-order valence-corrected chi connectivity index (χ3v) is 5.45. The van der Waals surface area contributed by atoms with Crippen LogP contribution in [0.1, 0.15) is 43.2 Å². The van der Waals surface area contributed by atoms with E-state index in [1.807, 2.05) is 13.8 Å². The van der Waals surface area contributed by atoms with Gasteiger partial charge in [0.1, 0.15) is 11.5 Å². The lowest BCUT2D eigenvalue weighted by Gasteiger charge is -2.25. The lowest BCUT2D eigenvalue weighted by Crippen LogP contribution is -2.29. The van der Waals surface area contributed by atoms with E-state index in [1.54, 1.807) is 42.5 Å². The number of nitrogens with zero attached hydrogens (tertiary/aromatic N) is 2. The molecule has 1 saturated heterocycles. The molecule has 8 heteroatoms. The lowest BCUT2D eigenvalue weighted by atomic mass is 9.95. The summed E-state index contributed by atoms with van der Waals surface area (Å²) in [4.78, 5) is 31.6. The SMILES string of the molecule is CCCOc1ccc(C2C(=C(O)c3ccncc3)C(=O)C(=O)N2Cc2ccco2)cc1OCC. The van der Waals surface area contributed by atoms with Crippen molar-refractivity contribution in [2.45, 2.75) is 32.9 Å². The number of hydrogen-bond donors (Lipinski definition) is 1. The molecule has 1 unspecified atom stereocenters. The molecule has 4 rings (SSSR count). The van der Waals surface area contributed by atoms with Crippen LogP contribution in [0.5, 0.6) is 11.5 Å². The van der Waals surface area contributed by atoms with Crippen molar-refractivity contribution in [2.24, 2.45) is 0 Å². The number of Topliss-reactive ketones (excluding diaryl/α,β-unsaturated/α-hetero) is 1. The van der Waals surface area contributed by atoms with Gasteiger partial charge in [0.25, 0.3) is 11.7 Å². The van der Waals surface area contributed by atoms with Gasteiger partial charge in [-0.3, -0.25) is 14.6 Å². The van der Waals surface area contributed by atoms with E-state index < -0.39 is 17.7 Å². The van der Waals surface area contributed by atoms with E-state index in [9.17, 15) is 14.7 Å². The lowest BCUT2D eigenvalue weighted by molar-refractivity contribution is -0.140. The van der Waals surface area contributed by atoms with Crippen molar-refractivity contribution in [2.75, 3.05) is 13.2 Å². The fourth-order valence-corrected chi connectivity index (χ4v) is 3.92. The molecule has 0 aliphatic carbocycles. The minimum atomic E-state index is -0.849. The molecule has 34 heavy (non-hydrogen) atoms. The Morgan fingerprint density at radius 2 is 1.88 bits per heavy atom. The summed E-state index contributed by atoms with van der Waals surface area (Å²) in [6.45, 7) is 4.88. The number of hydrogen-bond acceptors (Lipinski definition) is 7. The predicted octanol–water partition coefficient (Wildman–Crippen LogP) is 4.48. The molecule has 1 fully saturated rings. The number of carbonyl (C=O) groups is 2. The number of aromatic nitrogens is 1. The smallest absolute Gasteiger partial charge is 0.296 e. The van der Waals surface area contributed by atoms with Gasteiger partial charge < -0.3 is 23.9 Å². The summed E-state index contributed by atoms with van der Waals surface area (Å²) >= 11 is 0. The van der Waals surface area contributed by atoms with Crippen LogP contribution in [0.15, 0.2) is 71.1 Å². The second-order valence-corrected chi connectivity index (χ2v) is 7.73. The number of amides is 1. The van der Waals surface area contributed by atoms with Crippen molar-refractivity contribution in [1.82, 2.24) is 9.88 Å². The molecule has 176 valence electrons. The maximum atomic E-state index is 13.2. The maximum Gasteiger partial charge on any atom is 0.296 e. The van der Waals surface area contributed by atoms with Crippen molar-refractivity contribution in [3.63, 3.8) is 0 Å². The van der Waals surface area contributed by atoms with Gasteiger partial charge in [-0.05, 0) is 55.3 Å². The minimum Gasteiger partial charge on any atom is -0.507 e. The Bertz CT molecular complexity index is 1190. The van der Waals surface area contributed by atoms with Crippen LogP contribution < -0.4 is 9.47 Å². The van der Waals surface area contributed by atoms with Crippen LogP contribution in [-0.2, 0) is 16.1 Å². The highest BCUT2D eigenvalue weighted by molar-refractivity contribution is 6.46. The van der Waals surface area contributed by atoms with Gasteiger partial charge in [0, 0.05) is 18.0 Å². The number of benzene rings is 1. The predicted molar refractivity (Wildman–Crippen MR) is 124 cm³/mol. The first kappa shape index (κ1) is 23.1. The van der Waals surface area contributed by atoms with E-state index in [0.717, 1.165) is 6.42 Å². The van der Waals surface area contributed by atoms with Crippen LogP contribution in [0.3, 0.4) is 0 Å². The summed E-state index contributed by atoms with van der Waals surface area (Å²) in [5.41, 5.74) is 0.991. The second-order valence-electron chi connectivity index (χ2n) is 7.73. The summed E-state index contributed by atoms with van der Waals surface area (Å²) in [6.07, 6.45) is 5.36. The zero-order valence-corrected chi connectivity index (χ0v) is 19.1. The number of aliphatic hydroxyl groups excluding tert-OH is 1. The Hall–Kier alpha value is -4.07. The quantitative estimate of drug-likeness (QED) is 0.284. The van der Waals surface area contributed by atoms with Crippen LogP contribution in [0.25, 0.3) is 5.76 Å². The maximum absolute atomic E-state index is 13.2. The summed E-state index contributed by atoms with van der Waals surface area (Å²) in [5.74, 6) is -0.164. The molecule has 8 nitrogen and oxygen atoms in total. The average molecular weight is 463 g/mol. The molecule has 3 aromatic rings. The van der Waals surface area contributed by atoms with Crippen molar-refractivity contribution in [3.05, 3.63) is 83.6 Å². The number of ketones is 1. The minimum absolute atomic E-state index is 0.00701. The first-order valence-corrected chi connectivity index (χ1v) is 11.2. The Kier molecular flexibility index (Phi) is 6.96. The molecule has 1 aliphatic heterocycles. The highest BCUT2D eigenvalue weighted by Gasteiger charge is 2.46. The highest BCUT2D eigenvalue weighted by Crippen LogP contribution is 2.42. The first-order chi connectivity index (χ1) is 16.5. The summed E-state index contributed by atoms with van der Waals surface area (Å²) in [7, 11) is 0. The van der Waals surface area contributed by atoms with Gasteiger partial charge in [0.2, 0.25) is 0 Å². The van der Waals surface area contributed by atoms with Crippen molar-refractivity contribution in [3.8, 4) is 11.5 Å². The molecule has 1 atom stereocenters. The van der Waals surface area contributed by atoms with Crippen LogP contribution >= 0.6 is 0 Å². The largest absolute Gasteiger partial charge is 0.507 e. The Labute approximate surface area is 197 Å². The van der Waals surface area contributed by atoms with Gasteiger partial charge in [-0.1, -0.05) is 13.0 Å². The van der Waals surface area contributed by atoms with Crippen molar-refractivity contribution in [1.29, 1.82) is 0 Å². The van der Waals surface area contributed by atoms with Gasteiger partial charge in [-0.2, -0.15) is 0 Å². The number of ether oxygens (including phenoxy) is 2. The van der Waals surface area contributed by atoms with Gasteiger partial charge in [-0.15, -0.1) is 0 Å². The monoisotopic (exact) mass is 462 g/mol. The summed E-state index contributed by atoms with van der Waals surface area (Å²) < 4.78 is 17.0. The zero-order chi connectivity index (χ0) is 24.1. The molecule has 0 bridgehead atoms. The van der Waals surface area contributed by atoms with Crippen LogP contribution in [0.4, 0.5) is 0 Å². The molecular formula is C26H26N2O6. The molecule has 1 amide bonds. The Morgan fingerprint density at radius 1 is 1.09 bits per heavy atom. The molecular weight excluding hydrogens is 436 g/mol. The number of likely N-dealkylation sites (tertiary alicyclic amines) is 1. The third kappa shape index (κ3) is 4.52. The van der Waals surface area contributed by atoms with E-state index in [-0.39, 0.29) is 17.9 Å². The summed E-state index contributed by atoms with van der Waals surface area (Å²) in [6, 6.07) is 11.0. The molecule has 0 radical (unpaired) electrons. The van der Waals surface area contributed by atoms with E-state index in [1.165, 1.54) is 23.6 Å². The number of pyridine rings is 1. The number of aliphatic hydroxyl groups is 1. The van der Waals surface area contributed by atoms with E-state index in [2.05, 4.69) is 4.98 Å². The topological polar surface area (TPSA) is 102 Å². The fraction of sp³-hybridized carbons (Fsp3) is 0.269. The standard InChI is InChI=1S/C26H26N2O6/c1-3-13-34-20-8-7-18(15-21(20)32-4-2)23-22(24(29)17-9-11-27-12-10-17)25(30)26(31)28(23)16-19-6-5-14-33-19/h5-12,14-15,23,29H,3-4,13,16H2,1-2H3. The van der Waals surface area contributed by atoms with Gasteiger partial charge >= 0.3 is 0 Å². The number of carbonyl (C=O) groups excluding carboxylic acids is 2. The zero-order valence-electron chi connectivity index (χ0n) is 19.1. The fourth-order valence-electron chi connectivity index (χ4n) is 3.92. The first-order valence-electron chi connectivity index (χ1n) is 11.2. The van der Waals surface area contributed by atoms with Crippen molar-refractivity contribution >= 4 is 17.4 Å². The normalized spacial score (nSPS) is 17.2. The summed E-state index contributed by atoms with van der Waals surface area (Å²) in [5, 5.41) is 11.1. The second kappa shape index (κ2) is 10.2. The number of furan rings is 1. The number of rotatable bonds is 9. The van der Waals surface area contributed by atoms with Gasteiger partial charge in [0.05, 0.1) is 37.6 Å². The molecule has 1 aliphatic rings. The highest BCUT2D eigenvalue weighted by atomic mass is 16.5. The molecule has 0 spiro atoms. The van der Waals surface area contributed by atoms with Gasteiger partial charge in [0.15, 0.2) is 11.5 Å². The average Bonchev–Trinajstić information content (AvgIpc) is 3.46. The van der Waals surface area contributed by atoms with Gasteiger partial charge in [-0.25, -0.2) is 0 Å². The molecule has 3 heterocycles. The van der Waals surface area contributed by atoms with E-state index >= 15 is 0 Å². The van der Waals surface area contributed by atoms with Crippen molar-refractivity contribution < 1.29 is 28.6 Å². The molecule has 2 aromatic heterocycles. The third-order valence-electron chi connectivity index (χ3n) is 5.45. The van der Waals surface area contributed by atoms with E-state index in [4.69, 9.17) is 13.9 Å². The van der Waals surface area contributed by atoms with E-state index in [0.29, 0.717) is 41.6 Å². The molecule has 1 aromatic carbocycles. The molecule has 1 N–H and O–H groups in total.